The van der Waals surface area contributed by atoms with Gasteiger partial charge in [0.15, 0.2) is 0 Å². The summed E-state index contributed by atoms with van der Waals surface area (Å²) in [6.07, 6.45) is 0. The highest BCUT2D eigenvalue weighted by atomic mass is 16.5. The molecule has 0 unspecified atom stereocenters. The van der Waals surface area contributed by atoms with Crippen molar-refractivity contribution in [3.63, 3.8) is 0 Å². The molecule has 3 rings (SSSR count). The zero-order chi connectivity index (χ0) is 20.1. The molecule has 0 saturated heterocycles. The molecular formula is C24H26NO3-. The van der Waals surface area contributed by atoms with Crippen LogP contribution in [0.3, 0.4) is 0 Å². The van der Waals surface area contributed by atoms with Crippen molar-refractivity contribution in [2.45, 2.75) is 33.1 Å². The highest BCUT2D eigenvalue weighted by Gasteiger charge is 2.13. The minimum atomic E-state index is 0.110. The number of hydrogen-bond acceptors (Lipinski definition) is 4. The lowest BCUT2D eigenvalue weighted by Crippen LogP contribution is -2.10. The second-order valence-electron chi connectivity index (χ2n) is 7.59. The minimum Gasteiger partial charge on any atom is -0.754 e. The Bertz CT molecular complexity index is 879. The van der Waals surface area contributed by atoms with E-state index in [2.05, 4.69) is 32.9 Å². The first-order chi connectivity index (χ1) is 13.4. The van der Waals surface area contributed by atoms with Crippen molar-refractivity contribution in [1.82, 2.24) is 0 Å². The summed E-state index contributed by atoms with van der Waals surface area (Å²) in [5, 5.41) is 13.4. The summed E-state index contributed by atoms with van der Waals surface area (Å²) < 4.78 is 11.3. The number of ether oxygens (including phenoxy) is 2. The number of anilines is 2. The standard InChI is InChI=1S/C24H26NO3/c1-5-27-21-14-8-19(9-15-21)25(26)20-10-16-23(17-11-20)28-22-12-6-18(7-13-22)24(2,3)4/h6-17H,5H2,1-4H3/q-1. The molecule has 0 aromatic heterocycles. The van der Waals surface area contributed by atoms with Crippen molar-refractivity contribution < 1.29 is 9.47 Å². The third-order valence-electron chi connectivity index (χ3n) is 4.41. The molecular weight excluding hydrogens is 350 g/mol. The van der Waals surface area contributed by atoms with Crippen LogP contribution in [0.15, 0.2) is 72.8 Å². The van der Waals surface area contributed by atoms with E-state index in [0.717, 1.165) is 16.6 Å². The molecule has 0 saturated carbocycles. The molecule has 28 heavy (non-hydrogen) atoms. The van der Waals surface area contributed by atoms with Crippen LogP contribution in [0, 0.1) is 5.21 Å². The Morgan fingerprint density at radius 1 is 0.714 bits per heavy atom. The van der Waals surface area contributed by atoms with E-state index in [1.165, 1.54) is 5.56 Å². The van der Waals surface area contributed by atoms with Gasteiger partial charge in [0.1, 0.15) is 17.2 Å². The van der Waals surface area contributed by atoms with Gasteiger partial charge in [-0.2, -0.15) is 0 Å². The van der Waals surface area contributed by atoms with E-state index in [1.807, 2.05) is 19.1 Å². The van der Waals surface area contributed by atoms with Gasteiger partial charge < -0.3 is 19.7 Å². The van der Waals surface area contributed by atoms with E-state index < -0.39 is 0 Å². The lowest BCUT2D eigenvalue weighted by Gasteiger charge is -2.31. The maximum Gasteiger partial charge on any atom is 0.127 e. The van der Waals surface area contributed by atoms with Crippen molar-refractivity contribution in [2.75, 3.05) is 11.7 Å². The average Bonchev–Trinajstić information content (AvgIpc) is 2.69. The van der Waals surface area contributed by atoms with E-state index in [4.69, 9.17) is 9.47 Å². The third-order valence-corrected chi connectivity index (χ3v) is 4.41. The van der Waals surface area contributed by atoms with Gasteiger partial charge >= 0.3 is 0 Å². The molecule has 146 valence electrons. The molecule has 0 spiro atoms. The molecule has 0 N–H and O–H groups in total. The predicted molar refractivity (Wildman–Crippen MR) is 115 cm³/mol. The van der Waals surface area contributed by atoms with Crippen LogP contribution in [0.5, 0.6) is 17.2 Å². The third kappa shape index (κ3) is 4.84. The number of rotatable bonds is 6. The molecule has 4 nitrogen and oxygen atoms in total. The predicted octanol–water partition coefficient (Wildman–Crippen LogP) is 6.81. The molecule has 0 atom stereocenters. The Labute approximate surface area is 166 Å². The quantitative estimate of drug-likeness (QED) is 0.443. The summed E-state index contributed by atoms with van der Waals surface area (Å²) in [6.45, 7) is 9.07. The van der Waals surface area contributed by atoms with Crippen molar-refractivity contribution in [1.29, 1.82) is 0 Å². The summed E-state index contributed by atoms with van der Waals surface area (Å²) in [6, 6.07) is 22.3. The van der Waals surface area contributed by atoms with Crippen molar-refractivity contribution in [2.24, 2.45) is 0 Å². The van der Waals surface area contributed by atoms with E-state index in [0.29, 0.717) is 23.7 Å². The van der Waals surface area contributed by atoms with Gasteiger partial charge in [-0.3, -0.25) is 0 Å². The van der Waals surface area contributed by atoms with E-state index in [-0.39, 0.29) is 5.41 Å². The molecule has 0 aliphatic carbocycles. The topological polar surface area (TPSA) is 44.8 Å². The molecule has 0 radical (unpaired) electrons. The number of nitrogens with zero attached hydrogens (tertiary/aromatic N) is 1. The Morgan fingerprint density at radius 3 is 1.57 bits per heavy atom. The van der Waals surface area contributed by atoms with Gasteiger partial charge in [-0.1, -0.05) is 32.9 Å². The van der Waals surface area contributed by atoms with Crippen LogP contribution in [0.2, 0.25) is 0 Å². The Balaban J connectivity index is 1.67. The fourth-order valence-electron chi connectivity index (χ4n) is 2.80. The lowest BCUT2D eigenvalue weighted by atomic mass is 9.87. The van der Waals surface area contributed by atoms with Gasteiger partial charge in [-0.25, -0.2) is 0 Å². The smallest absolute Gasteiger partial charge is 0.127 e. The average molecular weight is 376 g/mol. The van der Waals surface area contributed by atoms with Crippen molar-refractivity contribution in [3.05, 3.63) is 83.6 Å². The van der Waals surface area contributed by atoms with Crippen LogP contribution in [0.25, 0.3) is 0 Å². The monoisotopic (exact) mass is 376 g/mol. The lowest BCUT2D eigenvalue weighted by molar-refractivity contribution is 0.340. The summed E-state index contributed by atoms with van der Waals surface area (Å²) >= 11 is 0. The van der Waals surface area contributed by atoms with Crippen LogP contribution in [0.1, 0.15) is 33.3 Å². The van der Waals surface area contributed by atoms with Gasteiger partial charge in [0, 0.05) is 11.4 Å². The normalized spacial score (nSPS) is 11.2. The summed E-state index contributed by atoms with van der Waals surface area (Å²) in [4.78, 5) is 0. The second kappa shape index (κ2) is 8.36. The first kappa shape index (κ1) is 19.8. The molecule has 0 fully saturated rings. The molecule has 3 aromatic rings. The summed E-state index contributed by atoms with van der Waals surface area (Å²) in [5.41, 5.74) is 2.46. The van der Waals surface area contributed by atoms with E-state index in [1.54, 1.807) is 48.5 Å². The molecule has 3 aromatic carbocycles. The van der Waals surface area contributed by atoms with Crippen LogP contribution in [-0.4, -0.2) is 6.61 Å². The Morgan fingerprint density at radius 2 is 1.14 bits per heavy atom. The zero-order valence-corrected chi connectivity index (χ0v) is 16.8. The highest BCUT2D eigenvalue weighted by Crippen LogP contribution is 2.30. The maximum atomic E-state index is 12.6. The fourth-order valence-corrected chi connectivity index (χ4v) is 2.80. The van der Waals surface area contributed by atoms with Crippen LogP contribution in [-0.2, 0) is 5.41 Å². The fraction of sp³-hybridized carbons (Fsp3) is 0.250. The second-order valence-corrected chi connectivity index (χ2v) is 7.59. The zero-order valence-electron chi connectivity index (χ0n) is 16.8. The van der Waals surface area contributed by atoms with Gasteiger partial charge in [0.05, 0.1) is 6.61 Å². The van der Waals surface area contributed by atoms with Gasteiger partial charge in [-0.15, -0.1) is 0 Å². The van der Waals surface area contributed by atoms with E-state index in [9.17, 15) is 5.21 Å². The van der Waals surface area contributed by atoms with Crippen molar-refractivity contribution in [3.8, 4) is 17.2 Å². The SMILES string of the molecule is CCOc1ccc(N([O-])c2ccc(Oc3ccc(C(C)(C)C)cc3)cc2)cc1. The molecule has 0 amide bonds. The first-order valence-electron chi connectivity index (χ1n) is 9.45. The largest absolute Gasteiger partial charge is 0.754 e. The first-order valence-corrected chi connectivity index (χ1v) is 9.45. The van der Waals surface area contributed by atoms with E-state index >= 15 is 0 Å². The van der Waals surface area contributed by atoms with Gasteiger partial charge in [0.2, 0.25) is 0 Å². The minimum absolute atomic E-state index is 0.110. The molecule has 0 bridgehead atoms. The number of hydrogen-bond donors (Lipinski definition) is 0. The highest BCUT2D eigenvalue weighted by molar-refractivity contribution is 5.65. The maximum absolute atomic E-state index is 12.6. The van der Waals surface area contributed by atoms with Crippen LogP contribution >= 0.6 is 0 Å². The number of benzene rings is 3. The molecule has 0 heterocycles. The van der Waals surface area contributed by atoms with Crippen LogP contribution < -0.4 is 14.5 Å². The van der Waals surface area contributed by atoms with Crippen LogP contribution in [0.4, 0.5) is 11.4 Å². The molecule has 0 aliphatic rings. The summed E-state index contributed by atoms with van der Waals surface area (Å²) in [7, 11) is 0. The Hall–Kier alpha value is -2.98. The Kier molecular flexibility index (Phi) is 5.90. The van der Waals surface area contributed by atoms with Gasteiger partial charge in [-0.05, 0) is 78.6 Å². The van der Waals surface area contributed by atoms with Crippen molar-refractivity contribution >= 4 is 11.4 Å². The molecule has 0 aliphatic heterocycles. The summed E-state index contributed by atoms with van der Waals surface area (Å²) in [5.74, 6) is 2.21. The molecule has 4 heteroatoms. The van der Waals surface area contributed by atoms with Gasteiger partial charge in [0.25, 0.3) is 0 Å².